The molecule has 2 heteroatoms. The molecule has 0 saturated heterocycles. The fourth-order valence-corrected chi connectivity index (χ4v) is 2.34. The number of hydrogen-bond donors (Lipinski definition) is 2. The molecule has 0 heterocycles. The summed E-state index contributed by atoms with van der Waals surface area (Å²) in [4.78, 5) is 0. The zero-order chi connectivity index (χ0) is 11.1. The van der Waals surface area contributed by atoms with Gasteiger partial charge in [0.2, 0.25) is 0 Å². The van der Waals surface area contributed by atoms with Crippen LogP contribution in [0.1, 0.15) is 52.4 Å². The number of nitrogens with two attached hydrogens (primary N) is 1. The van der Waals surface area contributed by atoms with Gasteiger partial charge < -0.3 is 11.1 Å². The Hall–Kier alpha value is -0.0800. The van der Waals surface area contributed by atoms with Crippen molar-refractivity contribution in [2.75, 3.05) is 13.1 Å². The van der Waals surface area contributed by atoms with E-state index in [1.165, 1.54) is 38.5 Å². The van der Waals surface area contributed by atoms with Gasteiger partial charge in [-0.3, -0.25) is 0 Å². The van der Waals surface area contributed by atoms with Gasteiger partial charge in [-0.1, -0.05) is 26.7 Å². The molecule has 3 N–H and O–H groups in total. The standard InChI is InChI=1S/C13H28N2/c1-11-4-3-5-13(7-6-11)15-9-8-12(2)10-14/h11-13,15H,3-10,14H2,1-2H3. The molecular formula is C13H28N2. The third-order valence-corrected chi connectivity index (χ3v) is 3.73. The van der Waals surface area contributed by atoms with Crippen LogP contribution < -0.4 is 11.1 Å². The van der Waals surface area contributed by atoms with Gasteiger partial charge in [-0.2, -0.15) is 0 Å². The first-order valence-electron chi connectivity index (χ1n) is 6.65. The number of hydrogen-bond acceptors (Lipinski definition) is 2. The maximum atomic E-state index is 5.61. The molecule has 3 unspecified atom stereocenters. The van der Waals surface area contributed by atoms with Crippen molar-refractivity contribution in [3.63, 3.8) is 0 Å². The smallest absolute Gasteiger partial charge is 0.00671 e. The van der Waals surface area contributed by atoms with E-state index in [1.807, 2.05) is 0 Å². The van der Waals surface area contributed by atoms with Gasteiger partial charge >= 0.3 is 0 Å². The highest BCUT2D eigenvalue weighted by molar-refractivity contribution is 4.73. The normalized spacial score (nSPS) is 29.8. The lowest BCUT2D eigenvalue weighted by atomic mass is 10.0. The summed E-state index contributed by atoms with van der Waals surface area (Å²) in [6.07, 6.45) is 8.22. The molecule has 0 aromatic carbocycles. The van der Waals surface area contributed by atoms with E-state index in [4.69, 9.17) is 5.73 Å². The van der Waals surface area contributed by atoms with Crippen molar-refractivity contribution >= 4 is 0 Å². The summed E-state index contributed by atoms with van der Waals surface area (Å²) in [6, 6.07) is 0.778. The number of rotatable bonds is 5. The summed E-state index contributed by atoms with van der Waals surface area (Å²) >= 11 is 0. The van der Waals surface area contributed by atoms with Gasteiger partial charge in [0.1, 0.15) is 0 Å². The molecule has 0 aliphatic heterocycles. The Morgan fingerprint density at radius 2 is 2.07 bits per heavy atom. The Labute approximate surface area is 95.0 Å². The van der Waals surface area contributed by atoms with Crippen LogP contribution in [0.25, 0.3) is 0 Å². The SMILES string of the molecule is CC(CN)CCNC1CCCC(C)CC1. The predicted octanol–water partition coefficient (Wildman–Crippen LogP) is 2.53. The molecule has 1 saturated carbocycles. The molecule has 90 valence electrons. The number of nitrogens with one attached hydrogen (secondary N) is 1. The van der Waals surface area contributed by atoms with E-state index in [0.29, 0.717) is 5.92 Å². The Kier molecular flexibility index (Phi) is 6.26. The van der Waals surface area contributed by atoms with Crippen LogP contribution in [0.15, 0.2) is 0 Å². The Bertz CT molecular complexity index is 159. The van der Waals surface area contributed by atoms with Gasteiger partial charge in [0, 0.05) is 6.04 Å². The average molecular weight is 212 g/mol. The molecule has 3 atom stereocenters. The molecule has 15 heavy (non-hydrogen) atoms. The van der Waals surface area contributed by atoms with E-state index in [1.54, 1.807) is 0 Å². The van der Waals surface area contributed by atoms with Crippen LogP contribution in [0, 0.1) is 11.8 Å². The minimum absolute atomic E-state index is 0.669. The molecular weight excluding hydrogens is 184 g/mol. The maximum absolute atomic E-state index is 5.61. The predicted molar refractivity (Wildman–Crippen MR) is 66.9 cm³/mol. The second kappa shape index (κ2) is 7.24. The lowest BCUT2D eigenvalue weighted by molar-refractivity contribution is 0.420. The van der Waals surface area contributed by atoms with Gasteiger partial charge in [0.25, 0.3) is 0 Å². The quantitative estimate of drug-likeness (QED) is 0.687. The van der Waals surface area contributed by atoms with E-state index in [-0.39, 0.29) is 0 Å². The second-order valence-electron chi connectivity index (χ2n) is 5.39. The van der Waals surface area contributed by atoms with Gasteiger partial charge in [-0.05, 0) is 50.6 Å². The summed E-state index contributed by atoms with van der Waals surface area (Å²) in [6.45, 7) is 6.59. The minimum atomic E-state index is 0.669. The Morgan fingerprint density at radius 3 is 2.80 bits per heavy atom. The maximum Gasteiger partial charge on any atom is 0.00671 e. The van der Waals surface area contributed by atoms with E-state index in [2.05, 4.69) is 19.2 Å². The van der Waals surface area contributed by atoms with E-state index < -0.39 is 0 Å². The van der Waals surface area contributed by atoms with E-state index >= 15 is 0 Å². The van der Waals surface area contributed by atoms with E-state index in [9.17, 15) is 0 Å². The monoisotopic (exact) mass is 212 g/mol. The van der Waals surface area contributed by atoms with Crippen molar-refractivity contribution in [1.29, 1.82) is 0 Å². The van der Waals surface area contributed by atoms with Crippen molar-refractivity contribution in [3.05, 3.63) is 0 Å². The molecule has 1 rings (SSSR count). The topological polar surface area (TPSA) is 38.0 Å². The molecule has 1 aliphatic rings. The average Bonchev–Trinajstić information content (AvgIpc) is 2.43. The van der Waals surface area contributed by atoms with Gasteiger partial charge in [-0.15, -0.1) is 0 Å². The highest BCUT2D eigenvalue weighted by Gasteiger charge is 2.15. The zero-order valence-electron chi connectivity index (χ0n) is 10.5. The summed E-state index contributed by atoms with van der Waals surface area (Å²) in [5, 5.41) is 3.69. The Balaban J connectivity index is 2.10. The zero-order valence-corrected chi connectivity index (χ0v) is 10.5. The Morgan fingerprint density at radius 1 is 1.27 bits per heavy atom. The molecule has 0 spiro atoms. The lowest BCUT2D eigenvalue weighted by Crippen LogP contribution is -2.31. The minimum Gasteiger partial charge on any atom is -0.330 e. The molecule has 0 aromatic heterocycles. The van der Waals surface area contributed by atoms with Gasteiger partial charge in [-0.25, -0.2) is 0 Å². The summed E-state index contributed by atoms with van der Waals surface area (Å²) < 4.78 is 0. The highest BCUT2D eigenvalue weighted by Crippen LogP contribution is 2.22. The molecule has 0 amide bonds. The van der Waals surface area contributed by atoms with Crippen LogP contribution in [0.3, 0.4) is 0 Å². The van der Waals surface area contributed by atoms with Crippen molar-refractivity contribution in [1.82, 2.24) is 5.32 Å². The molecule has 1 aliphatic carbocycles. The van der Waals surface area contributed by atoms with Gasteiger partial charge in [0.05, 0.1) is 0 Å². The molecule has 0 bridgehead atoms. The largest absolute Gasteiger partial charge is 0.330 e. The van der Waals surface area contributed by atoms with Crippen molar-refractivity contribution < 1.29 is 0 Å². The first-order chi connectivity index (χ1) is 7.22. The fraction of sp³-hybridized carbons (Fsp3) is 1.00. The summed E-state index contributed by atoms with van der Waals surface area (Å²) in [5.41, 5.74) is 5.61. The third-order valence-electron chi connectivity index (χ3n) is 3.73. The molecule has 0 aromatic rings. The lowest BCUT2D eigenvalue weighted by Gasteiger charge is -2.17. The fourth-order valence-electron chi connectivity index (χ4n) is 2.34. The second-order valence-corrected chi connectivity index (χ2v) is 5.39. The van der Waals surface area contributed by atoms with Crippen LogP contribution >= 0.6 is 0 Å². The van der Waals surface area contributed by atoms with Crippen LogP contribution in [0.4, 0.5) is 0 Å². The van der Waals surface area contributed by atoms with Crippen LogP contribution in [0.2, 0.25) is 0 Å². The van der Waals surface area contributed by atoms with Crippen molar-refractivity contribution in [2.24, 2.45) is 17.6 Å². The van der Waals surface area contributed by atoms with E-state index in [0.717, 1.165) is 25.0 Å². The molecule has 0 radical (unpaired) electrons. The van der Waals surface area contributed by atoms with Gasteiger partial charge in [0.15, 0.2) is 0 Å². The van der Waals surface area contributed by atoms with Crippen LogP contribution in [0.5, 0.6) is 0 Å². The first kappa shape index (κ1) is 13.0. The van der Waals surface area contributed by atoms with Crippen molar-refractivity contribution in [3.8, 4) is 0 Å². The molecule has 1 fully saturated rings. The van der Waals surface area contributed by atoms with Crippen LogP contribution in [-0.2, 0) is 0 Å². The summed E-state index contributed by atoms with van der Waals surface area (Å²) in [7, 11) is 0. The van der Waals surface area contributed by atoms with Crippen molar-refractivity contribution in [2.45, 2.75) is 58.4 Å². The summed E-state index contributed by atoms with van der Waals surface area (Å²) in [5.74, 6) is 1.61. The first-order valence-corrected chi connectivity index (χ1v) is 6.65. The van der Waals surface area contributed by atoms with Crippen LogP contribution in [-0.4, -0.2) is 19.1 Å². The third kappa shape index (κ3) is 5.53. The highest BCUT2D eigenvalue weighted by atomic mass is 14.9. The molecule has 2 nitrogen and oxygen atoms in total.